The van der Waals surface area contributed by atoms with Gasteiger partial charge in [-0.3, -0.25) is 0 Å². The Labute approximate surface area is 96.6 Å². The SMILES string of the molecule is Cc1ccc([Se](=O)(=O)c2ccccc2)cc1. The number of benzene rings is 2. The van der Waals surface area contributed by atoms with Gasteiger partial charge in [0.05, 0.1) is 0 Å². The van der Waals surface area contributed by atoms with Crippen molar-refractivity contribution in [1.82, 2.24) is 0 Å². The van der Waals surface area contributed by atoms with Gasteiger partial charge in [0.25, 0.3) is 0 Å². The van der Waals surface area contributed by atoms with Crippen molar-refractivity contribution < 1.29 is 7.67 Å². The van der Waals surface area contributed by atoms with Gasteiger partial charge in [0.2, 0.25) is 0 Å². The molecule has 0 aliphatic rings. The van der Waals surface area contributed by atoms with Gasteiger partial charge in [-0.15, -0.1) is 0 Å². The van der Waals surface area contributed by atoms with E-state index in [1.165, 1.54) is 0 Å². The van der Waals surface area contributed by atoms with Crippen molar-refractivity contribution >= 4 is 21.6 Å². The van der Waals surface area contributed by atoms with E-state index in [1.54, 1.807) is 36.4 Å². The van der Waals surface area contributed by atoms with Gasteiger partial charge in [0.15, 0.2) is 0 Å². The Morgan fingerprint density at radius 1 is 0.750 bits per heavy atom. The van der Waals surface area contributed by atoms with Crippen LogP contribution >= 0.6 is 0 Å². The molecule has 0 amide bonds. The third-order valence-corrected chi connectivity index (χ3v) is 6.13. The van der Waals surface area contributed by atoms with Crippen LogP contribution < -0.4 is 8.92 Å². The molecule has 82 valence electrons. The summed E-state index contributed by atoms with van der Waals surface area (Å²) in [4.78, 5) is 0. The van der Waals surface area contributed by atoms with Crippen LogP contribution in [-0.4, -0.2) is 12.7 Å². The summed E-state index contributed by atoms with van der Waals surface area (Å²) in [7, 11) is 0. The Hall–Kier alpha value is -1.44. The average Bonchev–Trinajstić information content (AvgIpc) is 2.31. The molecule has 0 aliphatic heterocycles. The van der Waals surface area contributed by atoms with Gasteiger partial charge in [-0.25, -0.2) is 0 Å². The molecule has 0 atom stereocenters. The molecule has 0 fully saturated rings. The molecule has 0 radical (unpaired) electrons. The second-order valence-electron chi connectivity index (χ2n) is 3.63. The van der Waals surface area contributed by atoms with E-state index in [1.807, 2.05) is 25.1 Å². The van der Waals surface area contributed by atoms with Gasteiger partial charge in [0.1, 0.15) is 0 Å². The summed E-state index contributed by atoms with van der Waals surface area (Å²) >= 11 is -4.17. The normalized spacial score (nSPS) is 11.3. The van der Waals surface area contributed by atoms with Crippen LogP contribution in [0.1, 0.15) is 5.56 Å². The Morgan fingerprint density at radius 2 is 1.25 bits per heavy atom. The average molecular weight is 279 g/mol. The fraction of sp³-hybridized carbons (Fsp3) is 0.0769. The second kappa shape index (κ2) is 4.20. The predicted octanol–water partition coefficient (Wildman–Crippen LogP) is 1.41. The molecule has 0 N–H and O–H groups in total. The van der Waals surface area contributed by atoms with Crippen molar-refractivity contribution in [2.24, 2.45) is 0 Å². The molecule has 2 aromatic carbocycles. The summed E-state index contributed by atoms with van der Waals surface area (Å²) in [6, 6.07) is 15.5. The number of hydrogen-bond acceptors (Lipinski definition) is 2. The Kier molecular flexibility index (Phi) is 2.90. The number of rotatable bonds is 2. The van der Waals surface area contributed by atoms with Crippen LogP contribution in [0.25, 0.3) is 0 Å². The van der Waals surface area contributed by atoms with E-state index < -0.39 is 12.7 Å². The second-order valence-corrected chi connectivity index (χ2v) is 7.72. The molecule has 0 spiro atoms. The molecule has 0 bridgehead atoms. The molecule has 0 aliphatic carbocycles. The van der Waals surface area contributed by atoms with Crippen molar-refractivity contribution in [3.05, 3.63) is 60.2 Å². The fourth-order valence-corrected chi connectivity index (χ4v) is 4.14. The molecule has 2 nitrogen and oxygen atoms in total. The van der Waals surface area contributed by atoms with Crippen LogP contribution in [0, 0.1) is 6.92 Å². The molecular formula is C13H12O2Se. The van der Waals surface area contributed by atoms with Crippen molar-refractivity contribution in [3.63, 3.8) is 0 Å². The van der Waals surface area contributed by atoms with Gasteiger partial charge in [-0.05, 0) is 0 Å². The molecular weight excluding hydrogens is 267 g/mol. The molecule has 0 saturated carbocycles. The third-order valence-electron chi connectivity index (χ3n) is 2.38. The van der Waals surface area contributed by atoms with E-state index in [2.05, 4.69) is 0 Å². The van der Waals surface area contributed by atoms with Crippen molar-refractivity contribution in [1.29, 1.82) is 0 Å². The molecule has 0 aromatic heterocycles. The standard InChI is InChI=1S/C13H12O2Se/c1-11-7-9-13(10-8-11)16(14,15)12-5-3-2-4-6-12/h2-10H,1H3. The van der Waals surface area contributed by atoms with Crippen LogP contribution in [0.2, 0.25) is 0 Å². The van der Waals surface area contributed by atoms with Crippen LogP contribution in [0.5, 0.6) is 0 Å². The van der Waals surface area contributed by atoms with Gasteiger partial charge in [0, 0.05) is 0 Å². The zero-order valence-corrected chi connectivity index (χ0v) is 10.6. The molecule has 2 aromatic rings. The van der Waals surface area contributed by atoms with E-state index in [0.717, 1.165) is 5.56 Å². The van der Waals surface area contributed by atoms with Crippen LogP contribution in [-0.2, 0) is 7.67 Å². The van der Waals surface area contributed by atoms with Crippen molar-refractivity contribution in [3.8, 4) is 0 Å². The topological polar surface area (TPSA) is 34.1 Å². The van der Waals surface area contributed by atoms with Gasteiger partial charge >= 0.3 is 96.4 Å². The van der Waals surface area contributed by atoms with Gasteiger partial charge in [-0.2, -0.15) is 0 Å². The first-order valence-electron chi connectivity index (χ1n) is 4.97. The maximum atomic E-state index is 12.2. The van der Waals surface area contributed by atoms with Crippen molar-refractivity contribution in [2.75, 3.05) is 0 Å². The summed E-state index contributed by atoms with van der Waals surface area (Å²) in [5, 5.41) is 0. The molecule has 0 unspecified atom stereocenters. The Morgan fingerprint density at radius 3 is 1.81 bits per heavy atom. The maximum absolute atomic E-state index is 12.2. The van der Waals surface area contributed by atoms with Crippen LogP contribution in [0.4, 0.5) is 0 Å². The zero-order chi connectivity index (χ0) is 11.6. The fourth-order valence-electron chi connectivity index (χ4n) is 1.45. The summed E-state index contributed by atoms with van der Waals surface area (Å²) in [5.74, 6) is 0. The molecule has 16 heavy (non-hydrogen) atoms. The minimum absolute atomic E-state index is 0.405. The third kappa shape index (κ3) is 2.06. The Balaban J connectivity index is 2.52. The molecule has 0 heterocycles. The van der Waals surface area contributed by atoms with Crippen LogP contribution in [0.3, 0.4) is 0 Å². The molecule has 3 heteroatoms. The minimum atomic E-state index is -4.17. The van der Waals surface area contributed by atoms with E-state index in [9.17, 15) is 7.67 Å². The Bertz CT molecular complexity index is 569. The van der Waals surface area contributed by atoms with E-state index in [4.69, 9.17) is 0 Å². The van der Waals surface area contributed by atoms with Crippen molar-refractivity contribution in [2.45, 2.75) is 6.92 Å². The first-order valence-corrected chi connectivity index (χ1v) is 8.09. The zero-order valence-electron chi connectivity index (χ0n) is 8.92. The summed E-state index contributed by atoms with van der Waals surface area (Å²) in [6.07, 6.45) is 0. The number of hydrogen-bond donors (Lipinski definition) is 0. The van der Waals surface area contributed by atoms with Crippen LogP contribution in [0.15, 0.2) is 54.6 Å². The van der Waals surface area contributed by atoms with Gasteiger partial charge < -0.3 is 0 Å². The van der Waals surface area contributed by atoms with Gasteiger partial charge in [-0.1, -0.05) is 0 Å². The van der Waals surface area contributed by atoms with E-state index >= 15 is 0 Å². The first kappa shape index (κ1) is 11.1. The molecule has 2 rings (SSSR count). The molecule has 0 saturated heterocycles. The quantitative estimate of drug-likeness (QED) is 0.779. The number of aryl methyl sites for hydroxylation is 1. The summed E-state index contributed by atoms with van der Waals surface area (Å²) in [5.41, 5.74) is 1.06. The first-order chi connectivity index (χ1) is 7.60. The van der Waals surface area contributed by atoms with E-state index in [0.29, 0.717) is 8.92 Å². The summed E-state index contributed by atoms with van der Waals surface area (Å²) in [6.45, 7) is 1.94. The predicted molar refractivity (Wildman–Crippen MR) is 64.0 cm³/mol. The summed E-state index contributed by atoms with van der Waals surface area (Å²) < 4.78 is 25.3. The monoisotopic (exact) mass is 280 g/mol. The van der Waals surface area contributed by atoms with E-state index in [-0.39, 0.29) is 0 Å².